The number of hydrogen-bond acceptors (Lipinski definition) is 6. The van der Waals surface area contributed by atoms with Crippen LogP contribution in [0.15, 0.2) is 54.9 Å². The molecule has 1 aromatic heterocycles. The Balaban J connectivity index is 1.57. The number of carbonyl (C=O) groups is 1. The molecule has 8 nitrogen and oxygen atoms in total. The van der Waals surface area contributed by atoms with Crippen molar-refractivity contribution in [1.82, 2.24) is 14.4 Å². The molecule has 1 saturated heterocycles. The number of hydroxylamine groups is 2. The highest BCUT2D eigenvalue weighted by molar-refractivity contribution is 7.89. The van der Waals surface area contributed by atoms with Crippen molar-refractivity contribution in [3.05, 3.63) is 66.0 Å². The molecule has 1 aliphatic rings. The van der Waals surface area contributed by atoms with E-state index in [1.54, 1.807) is 42.7 Å². The van der Waals surface area contributed by atoms with E-state index in [1.807, 2.05) is 12.1 Å². The van der Waals surface area contributed by atoms with Crippen LogP contribution >= 0.6 is 0 Å². The molecule has 0 spiro atoms. The van der Waals surface area contributed by atoms with Gasteiger partial charge in [-0.05, 0) is 36.1 Å². The average Bonchev–Trinajstić information content (AvgIpc) is 2.77. The topological polar surface area (TPSA) is 100 Å². The van der Waals surface area contributed by atoms with Crippen LogP contribution in [0.2, 0.25) is 0 Å². The van der Waals surface area contributed by atoms with Crippen molar-refractivity contribution in [2.75, 3.05) is 18.8 Å². The smallest absolute Gasteiger partial charge is 0.233 e. The van der Waals surface area contributed by atoms with Crippen LogP contribution in [0, 0.1) is 0 Å². The lowest BCUT2D eigenvalue weighted by Crippen LogP contribution is -2.44. The number of rotatable bonds is 9. The molecule has 1 atom stereocenters. The number of pyridine rings is 1. The molecule has 3 rings (SSSR count). The Labute approximate surface area is 170 Å². The van der Waals surface area contributed by atoms with Gasteiger partial charge in [0.05, 0.1) is 24.5 Å². The van der Waals surface area contributed by atoms with Crippen LogP contribution in [0.25, 0.3) is 0 Å². The van der Waals surface area contributed by atoms with Crippen molar-refractivity contribution in [2.24, 2.45) is 0 Å². The lowest BCUT2D eigenvalue weighted by atomic mass is 10.1. The van der Waals surface area contributed by atoms with Gasteiger partial charge in [0.25, 0.3) is 0 Å². The largest absolute Gasteiger partial charge is 0.373 e. The predicted octanol–water partition coefficient (Wildman–Crippen LogP) is 1.98. The van der Waals surface area contributed by atoms with E-state index in [4.69, 9.17) is 4.74 Å². The van der Waals surface area contributed by atoms with Crippen LogP contribution in [-0.4, -0.2) is 59.3 Å². The summed E-state index contributed by atoms with van der Waals surface area (Å²) in [6.45, 7) is 1.16. The third-order valence-electron chi connectivity index (χ3n) is 5.01. The van der Waals surface area contributed by atoms with Crippen molar-refractivity contribution in [1.29, 1.82) is 0 Å². The molecular formula is C20H25N3O5S. The lowest BCUT2D eigenvalue weighted by Gasteiger charge is -2.33. The first-order valence-electron chi connectivity index (χ1n) is 9.45. The Hall–Kier alpha value is -2.33. The zero-order chi connectivity index (χ0) is 20.7. The summed E-state index contributed by atoms with van der Waals surface area (Å²) in [5, 5.41) is 10.3. The van der Waals surface area contributed by atoms with E-state index in [2.05, 4.69) is 4.98 Å². The van der Waals surface area contributed by atoms with E-state index in [-0.39, 0.29) is 18.3 Å². The molecule has 0 radical (unpaired) electrons. The number of benzene rings is 1. The zero-order valence-corrected chi connectivity index (χ0v) is 16.8. The molecule has 9 heteroatoms. The normalized spacial score (nSPS) is 17.0. The highest BCUT2D eigenvalue weighted by Crippen LogP contribution is 2.24. The second-order valence-electron chi connectivity index (χ2n) is 6.96. The van der Waals surface area contributed by atoms with Gasteiger partial charge >= 0.3 is 0 Å². The highest BCUT2D eigenvalue weighted by atomic mass is 32.2. The summed E-state index contributed by atoms with van der Waals surface area (Å²) in [6.07, 6.45) is 4.82. The van der Waals surface area contributed by atoms with Crippen molar-refractivity contribution >= 4 is 16.4 Å². The monoisotopic (exact) mass is 419 g/mol. The predicted molar refractivity (Wildman–Crippen MR) is 106 cm³/mol. The second kappa shape index (κ2) is 9.93. The number of nitrogens with zero attached hydrogens (tertiary/aromatic N) is 3. The standard InChI is InChI=1S/C20H25N3O5S/c24-16-23(25)20(18-4-2-1-3-5-18)15-29(26,27)22-12-8-19(9-13-22)28-14-17-6-10-21-11-7-17/h1-7,10-11,16,19-20,25H,8-9,12-15H2. The van der Waals surface area contributed by atoms with Crippen molar-refractivity contribution in [3.63, 3.8) is 0 Å². The van der Waals surface area contributed by atoms with Crippen LogP contribution in [0.3, 0.4) is 0 Å². The van der Waals surface area contributed by atoms with Gasteiger partial charge in [0.15, 0.2) is 0 Å². The van der Waals surface area contributed by atoms with Gasteiger partial charge in [-0.2, -0.15) is 0 Å². The van der Waals surface area contributed by atoms with E-state index in [0.29, 0.717) is 43.2 Å². The van der Waals surface area contributed by atoms with Crippen LogP contribution in [0.4, 0.5) is 0 Å². The second-order valence-corrected chi connectivity index (χ2v) is 8.97. The van der Waals surface area contributed by atoms with Gasteiger partial charge in [-0.1, -0.05) is 30.3 Å². The Kier molecular flexibility index (Phi) is 7.32. The van der Waals surface area contributed by atoms with Crippen molar-refractivity contribution in [3.8, 4) is 0 Å². The van der Waals surface area contributed by atoms with Gasteiger partial charge < -0.3 is 4.74 Å². The number of hydrogen-bond donors (Lipinski definition) is 1. The van der Waals surface area contributed by atoms with Crippen LogP contribution in [0.1, 0.15) is 30.0 Å². The van der Waals surface area contributed by atoms with Gasteiger partial charge in [0.1, 0.15) is 0 Å². The number of amides is 1. The summed E-state index contributed by atoms with van der Waals surface area (Å²) < 4.78 is 33.1. The highest BCUT2D eigenvalue weighted by Gasteiger charge is 2.33. The van der Waals surface area contributed by atoms with Crippen LogP contribution < -0.4 is 0 Å². The van der Waals surface area contributed by atoms with E-state index in [9.17, 15) is 18.4 Å². The summed E-state index contributed by atoms with van der Waals surface area (Å²) in [4.78, 5) is 15.0. The Morgan fingerprint density at radius 2 is 1.83 bits per heavy atom. The summed E-state index contributed by atoms with van der Waals surface area (Å²) in [7, 11) is -3.67. The fourth-order valence-corrected chi connectivity index (χ4v) is 5.07. The summed E-state index contributed by atoms with van der Waals surface area (Å²) in [5.41, 5.74) is 1.58. The van der Waals surface area contributed by atoms with Crippen LogP contribution in [-0.2, 0) is 26.2 Å². The van der Waals surface area contributed by atoms with Gasteiger partial charge in [-0.3, -0.25) is 15.0 Å². The third kappa shape index (κ3) is 5.83. The maximum absolute atomic E-state index is 12.9. The first-order chi connectivity index (χ1) is 14.0. The fraction of sp³-hybridized carbons (Fsp3) is 0.400. The number of ether oxygens (including phenoxy) is 1. The van der Waals surface area contributed by atoms with E-state index in [1.165, 1.54) is 4.31 Å². The molecule has 29 heavy (non-hydrogen) atoms. The summed E-state index contributed by atoms with van der Waals surface area (Å²) in [5.74, 6) is -0.380. The minimum absolute atomic E-state index is 0.0103. The van der Waals surface area contributed by atoms with Gasteiger partial charge in [-0.25, -0.2) is 17.8 Å². The molecule has 2 aromatic rings. The average molecular weight is 420 g/mol. The molecule has 1 unspecified atom stereocenters. The fourth-order valence-electron chi connectivity index (χ4n) is 3.35. The molecule has 0 saturated carbocycles. The Morgan fingerprint density at radius 1 is 1.17 bits per heavy atom. The number of piperidine rings is 1. The number of aromatic nitrogens is 1. The van der Waals surface area contributed by atoms with E-state index in [0.717, 1.165) is 5.56 Å². The third-order valence-corrected chi connectivity index (χ3v) is 6.90. The van der Waals surface area contributed by atoms with Gasteiger partial charge in [0.2, 0.25) is 16.4 Å². The first kappa shape index (κ1) is 21.4. The Bertz CT molecular complexity index is 872. The van der Waals surface area contributed by atoms with Crippen molar-refractivity contribution < 1.29 is 23.2 Å². The summed E-state index contributed by atoms with van der Waals surface area (Å²) >= 11 is 0. The number of sulfonamides is 1. The van der Waals surface area contributed by atoms with Gasteiger partial charge in [-0.15, -0.1) is 0 Å². The maximum Gasteiger partial charge on any atom is 0.233 e. The molecule has 1 N–H and O–H groups in total. The molecule has 0 aliphatic carbocycles. The SMILES string of the molecule is O=CN(O)C(CS(=O)(=O)N1CCC(OCc2ccncc2)CC1)c1ccccc1. The molecule has 1 aliphatic heterocycles. The minimum Gasteiger partial charge on any atom is -0.373 e. The summed E-state index contributed by atoms with van der Waals surface area (Å²) in [6, 6.07) is 11.4. The van der Waals surface area contributed by atoms with E-state index >= 15 is 0 Å². The van der Waals surface area contributed by atoms with Crippen LogP contribution in [0.5, 0.6) is 0 Å². The molecule has 2 heterocycles. The van der Waals surface area contributed by atoms with Gasteiger partial charge in [0, 0.05) is 25.5 Å². The molecule has 156 valence electrons. The lowest BCUT2D eigenvalue weighted by molar-refractivity contribution is -0.159. The Morgan fingerprint density at radius 3 is 2.45 bits per heavy atom. The molecule has 1 aromatic carbocycles. The molecular weight excluding hydrogens is 394 g/mol. The molecule has 1 fully saturated rings. The molecule has 0 bridgehead atoms. The van der Waals surface area contributed by atoms with Crippen molar-refractivity contribution in [2.45, 2.75) is 31.6 Å². The zero-order valence-electron chi connectivity index (χ0n) is 16.0. The first-order valence-corrected chi connectivity index (χ1v) is 11.1. The quantitative estimate of drug-likeness (QED) is 0.379. The number of carbonyl (C=O) groups excluding carboxylic acids is 1. The van der Waals surface area contributed by atoms with E-state index < -0.39 is 16.1 Å². The maximum atomic E-state index is 12.9. The minimum atomic E-state index is -3.67. The molecule has 1 amide bonds.